The molecule has 36 heavy (non-hydrogen) atoms. The highest BCUT2D eigenvalue weighted by Crippen LogP contribution is 2.27. The summed E-state index contributed by atoms with van der Waals surface area (Å²) in [6, 6.07) is 30.8. The molecule has 0 saturated heterocycles. The average Bonchev–Trinajstić information content (AvgIpc) is 3.36. The molecule has 5 rings (SSSR count). The third kappa shape index (κ3) is 5.39. The molecule has 0 radical (unpaired) electrons. The van der Waals surface area contributed by atoms with E-state index in [9.17, 15) is 9.90 Å². The fourth-order valence-electron chi connectivity index (χ4n) is 3.74. The molecule has 0 aliphatic heterocycles. The number of carbonyl (C=O) groups is 1. The second kappa shape index (κ2) is 10.5. The minimum absolute atomic E-state index is 0.191. The normalized spacial score (nSPS) is 11.0. The Morgan fingerprint density at radius 1 is 0.889 bits per heavy atom. The van der Waals surface area contributed by atoms with Gasteiger partial charge in [-0.15, -0.1) is 0 Å². The number of pyridine rings is 1. The van der Waals surface area contributed by atoms with Crippen molar-refractivity contribution in [2.75, 3.05) is 0 Å². The van der Waals surface area contributed by atoms with E-state index in [1.807, 2.05) is 102 Å². The molecular formula is C30H23N3O3. The van der Waals surface area contributed by atoms with Gasteiger partial charge in [0.25, 0.3) is 0 Å². The van der Waals surface area contributed by atoms with E-state index in [2.05, 4.69) is 4.98 Å². The Hall–Kier alpha value is -4.97. The number of benzene rings is 3. The zero-order chi connectivity index (χ0) is 24.7. The van der Waals surface area contributed by atoms with Crippen LogP contribution in [0.2, 0.25) is 0 Å². The van der Waals surface area contributed by atoms with E-state index < -0.39 is 5.97 Å². The van der Waals surface area contributed by atoms with E-state index in [1.165, 1.54) is 12.3 Å². The Kier molecular flexibility index (Phi) is 6.67. The summed E-state index contributed by atoms with van der Waals surface area (Å²) in [6.45, 7) is 0.499. The topological polar surface area (TPSA) is 77.2 Å². The van der Waals surface area contributed by atoms with Crippen molar-refractivity contribution in [1.29, 1.82) is 0 Å². The van der Waals surface area contributed by atoms with E-state index in [0.29, 0.717) is 12.3 Å². The van der Waals surface area contributed by atoms with Gasteiger partial charge in [0.15, 0.2) is 0 Å². The highest BCUT2D eigenvalue weighted by atomic mass is 16.5. The van der Waals surface area contributed by atoms with Gasteiger partial charge in [-0.2, -0.15) is 5.10 Å². The lowest BCUT2D eigenvalue weighted by Crippen LogP contribution is -1.96. The first-order valence-electron chi connectivity index (χ1n) is 11.5. The lowest BCUT2D eigenvalue weighted by atomic mass is 10.1. The molecule has 0 aliphatic rings. The van der Waals surface area contributed by atoms with Gasteiger partial charge in [-0.1, -0.05) is 48.5 Å². The summed E-state index contributed by atoms with van der Waals surface area (Å²) in [6.07, 6.45) is 7.13. The van der Waals surface area contributed by atoms with Crippen molar-refractivity contribution in [3.63, 3.8) is 0 Å². The van der Waals surface area contributed by atoms with E-state index >= 15 is 0 Å². The van der Waals surface area contributed by atoms with Gasteiger partial charge in [-0.05, 0) is 66.2 Å². The first-order valence-corrected chi connectivity index (χ1v) is 11.5. The number of hydrogen-bond acceptors (Lipinski definition) is 4. The number of carboxylic acid groups (broad SMARTS) is 1. The van der Waals surface area contributed by atoms with Gasteiger partial charge in [0, 0.05) is 23.5 Å². The molecule has 3 aromatic carbocycles. The molecule has 0 amide bonds. The molecule has 0 atom stereocenters. The second-order valence-electron chi connectivity index (χ2n) is 8.12. The number of nitrogens with zero attached hydrogens (tertiary/aromatic N) is 3. The van der Waals surface area contributed by atoms with Crippen LogP contribution in [0, 0.1) is 0 Å². The number of hydrogen-bond donors (Lipinski definition) is 1. The van der Waals surface area contributed by atoms with Gasteiger partial charge < -0.3 is 9.84 Å². The van der Waals surface area contributed by atoms with E-state index in [-0.39, 0.29) is 5.56 Å². The molecule has 176 valence electrons. The molecule has 2 aromatic heterocycles. The molecule has 1 N–H and O–H groups in total. The monoisotopic (exact) mass is 473 g/mol. The van der Waals surface area contributed by atoms with Crippen LogP contribution in [0.15, 0.2) is 109 Å². The minimum Gasteiger partial charge on any atom is -0.489 e. The molecular weight excluding hydrogens is 450 g/mol. The number of carboxylic acids is 1. The van der Waals surface area contributed by atoms with Crippen LogP contribution in [-0.4, -0.2) is 25.8 Å². The van der Waals surface area contributed by atoms with Crippen molar-refractivity contribution in [1.82, 2.24) is 14.8 Å². The van der Waals surface area contributed by atoms with E-state index in [4.69, 9.17) is 9.84 Å². The zero-order valence-electron chi connectivity index (χ0n) is 19.4. The number of rotatable bonds is 8. The molecule has 5 aromatic rings. The van der Waals surface area contributed by atoms with Crippen LogP contribution in [0.4, 0.5) is 0 Å². The number of para-hydroxylation sites is 1. The molecule has 0 saturated carbocycles. The van der Waals surface area contributed by atoms with Gasteiger partial charge in [0.05, 0.1) is 22.6 Å². The van der Waals surface area contributed by atoms with Crippen LogP contribution >= 0.6 is 0 Å². The molecule has 0 bridgehead atoms. The van der Waals surface area contributed by atoms with Gasteiger partial charge in [-0.3, -0.25) is 4.98 Å². The first-order chi connectivity index (χ1) is 17.7. The molecule has 0 fully saturated rings. The van der Waals surface area contributed by atoms with Crippen molar-refractivity contribution >= 4 is 18.1 Å². The van der Waals surface area contributed by atoms with Crippen LogP contribution in [0.5, 0.6) is 5.75 Å². The fourth-order valence-corrected chi connectivity index (χ4v) is 3.74. The van der Waals surface area contributed by atoms with Crippen LogP contribution in [0.1, 0.15) is 27.2 Å². The smallest absolute Gasteiger partial charge is 0.335 e. The van der Waals surface area contributed by atoms with E-state index in [1.54, 1.807) is 12.1 Å². The van der Waals surface area contributed by atoms with Crippen molar-refractivity contribution in [3.8, 4) is 22.7 Å². The minimum atomic E-state index is -0.987. The third-order valence-corrected chi connectivity index (χ3v) is 5.60. The van der Waals surface area contributed by atoms with Gasteiger partial charge in [-0.25, -0.2) is 9.48 Å². The van der Waals surface area contributed by atoms with Gasteiger partial charge in [0.1, 0.15) is 12.4 Å². The molecule has 2 heterocycles. The Morgan fingerprint density at radius 3 is 2.33 bits per heavy atom. The predicted molar refractivity (Wildman–Crippen MR) is 140 cm³/mol. The lowest BCUT2D eigenvalue weighted by Gasteiger charge is -2.07. The van der Waals surface area contributed by atoms with Crippen LogP contribution in [0.25, 0.3) is 29.1 Å². The van der Waals surface area contributed by atoms with Crippen molar-refractivity contribution in [2.24, 2.45) is 0 Å². The molecule has 0 aliphatic carbocycles. The summed E-state index contributed by atoms with van der Waals surface area (Å²) in [4.78, 5) is 15.6. The summed E-state index contributed by atoms with van der Waals surface area (Å²) < 4.78 is 7.76. The summed E-state index contributed by atoms with van der Waals surface area (Å²) in [5.74, 6) is -0.212. The predicted octanol–water partition coefficient (Wildman–Crippen LogP) is 6.38. The highest BCUT2D eigenvalue weighted by molar-refractivity contribution is 5.88. The van der Waals surface area contributed by atoms with Crippen LogP contribution in [0.3, 0.4) is 0 Å². The fraction of sp³-hybridized carbons (Fsp3) is 0.0333. The summed E-state index contributed by atoms with van der Waals surface area (Å²) in [5.41, 5.74) is 5.39. The number of aromatic nitrogens is 3. The summed E-state index contributed by atoms with van der Waals surface area (Å²) in [7, 11) is 0. The number of aromatic carboxylic acids is 1. The largest absolute Gasteiger partial charge is 0.489 e. The molecule has 6 nitrogen and oxygen atoms in total. The Bertz CT molecular complexity index is 1490. The standard InChI is InChI=1S/C30H23N3O3/c34-30(35)24-17-18-31-26(19-24)14-11-25-20-33(27-9-5-2-6-10-27)32-29(25)23-12-15-28(16-13-23)36-21-22-7-3-1-4-8-22/h1-20H,21H2,(H,34,35). The quantitative estimate of drug-likeness (QED) is 0.283. The molecule has 0 spiro atoms. The maximum Gasteiger partial charge on any atom is 0.335 e. The Morgan fingerprint density at radius 2 is 1.61 bits per heavy atom. The Balaban J connectivity index is 1.44. The van der Waals surface area contributed by atoms with Crippen LogP contribution < -0.4 is 4.74 Å². The maximum absolute atomic E-state index is 11.3. The van der Waals surface area contributed by atoms with Gasteiger partial charge in [0.2, 0.25) is 0 Å². The van der Waals surface area contributed by atoms with Crippen LogP contribution in [-0.2, 0) is 6.61 Å². The highest BCUT2D eigenvalue weighted by Gasteiger charge is 2.11. The first kappa shape index (κ1) is 22.8. The second-order valence-corrected chi connectivity index (χ2v) is 8.12. The zero-order valence-corrected chi connectivity index (χ0v) is 19.4. The lowest BCUT2D eigenvalue weighted by molar-refractivity contribution is 0.0696. The van der Waals surface area contributed by atoms with Gasteiger partial charge >= 0.3 is 5.97 Å². The average molecular weight is 474 g/mol. The Labute approximate surface area is 208 Å². The molecule has 6 heteroatoms. The third-order valence-electron chi connectivity index (χ3n) is 5.60. The SMILES string of the molecule is O=C(O)c1ccnc(C=Cc2cn(-c3ccccc3)nc2-c2ccc(OCc3ccccc3)cc2)c1. The van der Waals surface area contributed by atoms with E-state index in [0.717, 1.165) is 33.8 Å². The molecule has 0 unspecified atom stereocenters. The summed E-state index contributed by atoms with van der Waals surface area (Å²) >= 11 is 0. The number of ether oxygens (including phenoxy) is 1. The van der Waals surface area contributed by atoms with Crippen molar-refractivity contribution in [2.45, 2.75) is 6.61 Å². The summed E-state index contributed by atoms with van der Waals surface area (Å²) in [5, 5.41) is 14.1. The maximum atomic E-state index is 11.3. The van der Waals surface area contributed by atoms with Crippen molar-refractivity contribution < 1.29 is 14.6 Å². The van der Waals surface area contributed by atoms with Crippen molar-refractivity contribution in [3.05, 3.63) is 132 Å².